The molecule has 1 aromatic heterocycles. The van der Waals surface area contributed by atoms with Gasteiger partial charge in [0, 0.05) is 16.4 Å². The van der Waals surface area contributed by atoms with Gasteiger partial charge in [-0.3, -0.25) is 4.79 Å². The summed E-state index contributed by atoms with van der Waals surface area (Å²) in [5.74, 6) is -0.155. The molecule has 1 aliphatic carbocycles. The van der Waals surface area contributed by atoms with Crippen molar-refractivity contribution in [3.63, 3.8) is 0 Å². The SMILES string of the molecule is Nc1ccc2c(c1)CCCC2NC(=O)c1ncccc1Br. The fourth-order valence-electron chi connectivity index (χ4n) is 2.76. The van der Waals surface area contributed by atoms with Gasteiger partial charge in [-0.05, 0) is 70.6 Å². The number of nitrogens with two attached hydrogens (primary N) is 1. The number of nitrogens with zero attached hydrogens (tertiary/aromatic N) is 1. The van der Waals surface area contributed by atoms with Crippen LogP contribution < -0.4 is 11.1 Å². The van der Waals surface area contributed by atoms with E-state index >= 15 is 0 Å². The fourth-order valence-corrected chi connectivity index (χ4v) is 3.20. The number of carbonyl (C=O) groups is 1. The highest BCUT2D eigenvalue weighted by molar-refractivity contribution is 9.10. The molecule has 3 rings (SSSR count). The molecule has 1 atom stereocenters. The van der Waals surface area contributed by atoms with E-state index in [9.17, 15) is 4.79 Å². The summed E-state index contributed by atoms with van der Waals surface area (Å²) >= 11 is 3.36. The number of nitrogen functional groups attached to an aromatic ring is 1. The summed E-state index contributed by atoms with van der Waals surface area (Å²) in [6.45, 7) is 0. The second-order valence-electron chi connectivity index (χ2n) is 5.21. The highest BCUT2D eigenvalue weighted by Crippen LogP contribution is 2.31. The van der Waals surface area contributed by atoms with Gasteiger partial charge in [0.15, 0.2) is 0 Å². The molecule has 108 valence electrons. The van der Waals surface area contributed by atoms with Crippen molar-refractivity contribution in [2.45, 2.75) is 25.3 Å². The zero-order chi connectivity index (χ0) is 14.8. The minimum Gasteiger partial charge on any atom is -0.399 e. The van der Waals surface area contributed by atoms with Crippen LogP contribution in [-0.2, 0) is 6.42 Å². The Morgan fingerprint density at radius 2 is 2.24 bits per heavy atom. The lowest BCUT2D eigenvalue weighted by atomic mass is 9.87. The maximum absolute atomic E-state index is 12.4. The normalized spacial score (nSPS) is 17.1. The van der Waals surface area contributed by atoms with Crippen LogP contribution >= 0.6 is 15.9 Å². The Hall–Kier alpha value is -1.88. The van der Waals surface area contributed by atoms with Crippen LogP contribution in [0.5, 0.6) is 0 Å². The highest BCUT2D eigenvalue weighted by atomic mass is 79.9. The van der Waals surface area contributed by atoms with Crippen LogP contribution in [0.4, 0.5) is 5.69 Å². The summed E-state index contributed by atoms with van der Waals surface area (Å²) in [7, 11) is 0. The Morgan fingerprint density at radius 1 is 1.38 bits per heavy atom. The monoisotopic (exact) mass is 345 g/mol. The van der Waals surface area contributed by atoms with Gasteiger partial charge in [0.2, 0.25) is 0 Å². The molecule has 1 unspecified atom stereocenters. The molecule has 0 aliphatic heterocycles. The first-order chi connectivity index (χ1) is 10.1. The molecule has 0 spiro atoms. The lowest BCUT2D eigenvalue weighted by Gasteiger charge is -2.26. The third kappa shape index (κ3) is 2.93. The smallest absolute Gasteiger partial charge is 0.271 e. The second kappa shape index (κ2) is 5.85. The minimum atomic E-state index is -0.155. The summed E-state index contributed by atoms with van der Waals surface area (Å²) in [6, 6.07) is 9.54. The van der Waals surface area contributed by atoms with Crippen LogP contribution in [0.1, 0.15) is 40.5 Å². The van der Waals surface area contributed by atoms with Gasteiger partial charge in [-0.2, -0.15) is 0 Å². The average Bonchev–Trinajstić information content (AvgIpc) is 2.47. The van der Waals surface area contributed by atoms with Crippen molar-refractivity contribution in [1.82, 2.24) is 10.3 Å². The topological polar surface area (TPSA) is 68.0 Å². The molecule has 5 heteroatoms. The second-order valence-corrected chi connectivity index (χ2v) is 6.06. The number of hydrogen-bond donors (Lipinski definition) is 2. The molecule has 1 heterocycles. The molecular weight excluding hydrogens is 330 g/mol. The van der Waals surface area contributed by atoms with Gasteiger partial charge in [-0.15, -0.1) is 0 Å². The van der Waals surface area contributed by atoms with E-state index in [2.05, 4.69) is 26.2 Å². The molecule has 2 aromatic rings. The molecule has 3 N–H and O–H groups in total. The third-order valence-corrected chi connectivity index (χ3v) is 4.40. The number of rotatable bonds is 2. The Morgan fingerprint density at radius 3 is 3.05 bits per heavy atom. The number of aromatic nitrogens is 1. The van der Waals surface area contributed by atoms with Gasteiger partial charge in [-0.1, -0.05) is 6.07 Å². The quantitative estimate of drug-likeness (QED) is 0.821. The Balaban J connectivity index is 1.84. The van der Waals surface area contributed by atoms with Gasteiger partial charge in [0.05, 0.1) is 6.04 Å². The summed E-state index contributed by atoms with van der Waals surface area (Å²) < 4.78 is 0.704. The van der Waals surface area contributed by atoms with Crippen molar-refractivity contribution in [1.29, 1.82) is 0 Å². The molecule has 0 fully saturated rings. The summed E-state index contributed by atoms with van der Waals surface area (Å²) in [4.78, 5) is 16.5. The van der Waals surface area contributed by atoms with E-state index < -0.39 is 0 Å². The van der Waals surface area contributed by atoms with Crippen molar-refractivity contribution in [3.8, 4) is 0 Å². The number of hydrogen-bond acceptors (Lipinski definition) is 3. The van der Waals surface area contributed by atoms with E-state index in [1.165, 1.54) is 5.56 Å². The predicted octanol–water partition coefficient (Wildman–Crippen LogP) is 3.23. The van der Waals surface area contributed by atoms with E-state index in [1.807, 2.05) is 24.3 Å². The Kier molecular flexibility index (Phi) is 3.92. The zero-order valence-electron chi connectivity index (χ0n) is 11.5. The average molecular weight is 346 g/mol. The zero-order valence-corrected chi connectivity index (χ0v) is 13.1. The van der Waals surface area contributed by atoms with E-state index in [4.69, 9.17) is 5.73 Å². The van der Waals surface area contributed by atoms with Crippen molar-refractivity contribution in [2.24, 2.45) is 0 Å². The molecule has 0 radical (unpaired) electrons. The first-order valence-electron chi connectivity index (χ1n) is 6.95. The number of anilines is 1. The summed E-state index contributed by atoms with van der Waals surface area (Å²) in [5, 5.41) is 3.08. The highest BCUT2D eigenvalue weighted by Gasteiger charge is 2.23. The van der Waals surface area contributed by atoms with Gasteiger partial charge < -0.3 is 11.1 Å². The lowest BCUT2D eigenvalue weighted by Crippen LogP contribution is -2.31. The molecule has 21 heavy (non-hydrogen) atoms. The largest absolute Gasteiger partial charge is 0.399 e. The minimum absolute atomic E-state index is 0.0238. The summed E-state index contributed by atoms with van der Waals surface area (Å²) in [5.41, 5.74) is 9.42. The van der Waals surface area contributed by atoms with Crippen LogP contribution in [0.15, 0.2) is 41.0 Å². The molecule has 1 aliphatic rings. The number of carbonyl (C=O) groups excluding carboxylic acids is 1. The van der Waals surface area contributed by atoms with Crippen LogP contribution in [0, 0.1) is 0 Å². The first kappa shape index (κ1) is 14.1. The standard InChI is InChI=1S/C16H16BrN3O/c17-13-4-2-8-19-15(13)16(21)20-14-5-1-3-10-9-11(18)6-7-12(10)14/h2,4,6-9,14H,1,3,5,18H2,(H,20,21). The molecule has 0 bridgehead atoms. The van der Waals surface area contributed by atoms with Gasteiger partial charge in [-0.25, -0.2) is 4.98 Å². The number of fused-ring (bicyclic) bond motifs is 1. The van der Waals surface area contributed by atoms with E-state index in [1.54, 1.807) is 12.3 Å². The third-order valence-electron chi connectivity index (χ3n) is 3.76. The molecule has 1 aromatic carbocycles. The maximum atomic E-state index is 12.4. The maximum Gasteiger partial charge on any atom is 0.271 e. The van der Waals surface area contributed by atoms with Gasteiger partial charge in [0.1, 0.15) is 5.69 Å². The molecule has 0 saturated heterocycles. The number of benzene rings is 1. The van der Waals surface area contributed by atoms with Crippen LogP contribution in [0.25, 0.3) is 0 Å². The van der Waals surface area contributed by atoms with Crippen molar-refractivity contribution < 1.29 is 4.79 Å². The van der Waals surface area contributed by atoms with Crippen molar-refractivity contribution >= 4 is 27.5 Å². The number of halogens is 1. The lowest BCUT2D eigenvalue weighted by molar-refractivity contribution is 0.0927. The predicted molar refractivity (Wildman–Crippen MR) is 85.9 cm³/mol. The number of pyridine rings is 1. The number of nitrogens with one attached hydrogen (secondary N) is 1. The van der Waals surface area contributed by atoms with Crippen molar-refractivity contribution in [3.05, 3.63) is 57.8 Å². The van der Waals surface area contributed by atoms with Crippen LogP contribution in [-0.4, -0.2) is 10.9 Å². The molecular formula is C16H16BrN3O. The molecule has 1 amide bonds. The van der Waals surface area contributed by atoms with E-state index in [0.717, 1.165) is 30.5 Å². The van der Waals surface area contributed by atoms with Crippen LogP contribution in [0.2, 0.25) is 0 Å². The first-order valence-corrected chi connectivity index (χ1v) is 7.74. The van der Waals surface area contributed by atoms with Gasteiger partial charge in [0.25, 0.3) is 5.91 Å². The Labute approximate surface area is 131 Å². The molecule has 0 saturated carbocycles. The molecule has 4 nitrogen and oxygen atoms in total. The fraction of sp³-hybridized carbons (Fsp3) is 0.250. The number of amides is 1. The van der Waals surface area contributed by atoms with Gasteiger partial charge >= 0.3 is 0 Å². The number of aryl methyl sites for hydroxylation is 1. The van der Waals surface area contributed by atoms with Crippen molar-refractivity contribution in [2.75, 3.05) is 5.73 Å². The summed E-state index contributed by atoms with van der Waals surface area (Å²) in [6.07, 6.45) is 4.62. The van der Waals surface area contributed by atoms with Crippen LogP contribution in [0.3, 0.4) is 0 Å². The Bertz CT molecular complexity index is 687. The van der Waals surface area contributed by atoms with E-state index in [0.29, 0.717) is 10.2 Å². The van der Waals surface area contributed by atoms with E-state index in [-0.39, 0.29) is 11.9 Å².